The van der Waals surface area contributed by atoms with Gasteiger partial charge in [-0.15, -0.1) is 5.92 Å². The van der Waals surface area contributed by atoms with Crippen molar-refractivity contribution in [3.63, 3.8) is 0 Å². The number of hydrogen-bond donors (Lipinski definition) is 0. The minimum atomic E-state index is 0.256. The molecule has 1 radical (unpaired) electrons. The average molecular weight is 124 g/mol. The summed E-state index contributed by atoms with van der Waals surface area (Å²) in [6, 6.07) is 0. The third-order valence-corrected chi connectivity index (χ3v) is 1.12. The summed E-state index contributed by atoms with van der Waals surface area (Å²) in [5.74, 6) is 5.66. The van der Waals surface area contributed by atoms with E-state index in [1.165, 1.54) is 19.3 Å². The zero-order chi connectivity index (χ0) is 6.95. The van der Waals surface area contributed by atoms with Crippen LogP contribution in [0.15, 0.2) is 0 Å². The number of unbranched alkanes of at least 4 members (excludes halogenated alkanes) is 3. The molecule has 9 heavy (non-hydrogen) atoms. The van der Waals surface area contributed by atoms with Crippen LogP contribution in [0.4, 0.5) is 0 Å². The van der Waals surface area contributed by atoms with Gasteiger partial charge in [0.2, 0.25) is 0 Å². The van der Waals surface area contributed by atoms with E-state index in [2.05, 4.69) is 18.8 Å². The molecular formula is C8H14N. The monoisotopic (exact) mass is 124 g/mol. The predicted molar refractivity (Wildman–Crippen MR) is 39.9 cm³/mol. The van der Waals surface area contributed by atoms with Crippen molar-refractivity contribution in [3.8, 4) is 11.8 Å². The molecule has 51 valence electrons. The van der Waals surface area contributed by atoms with Gasteiger partial charge in [-0.05, 0) is 6.42 Å². The molecule has 0 saturated heterocycles. The van der Waals surface area contributed by atoms with Crippen molar-refractivity contribution >= 4 is 0 Å². The summed E-state index contributed by atoms with van der Waals surface area (Å²) in [7, 11) is 0. The molecule has 0 aromatic carbocycles. The third-order valence-electron chi connectivity index (χ3n) is 1.12. The molecule has 0 amide bonds. The highest BCUT2D eigenvalue weighted by atomic mass is 14.5. The van der Waals surface area contributed by atoms with Gasteiger partial charge in [0.05, 0.1) is 6.54 Å². The zero-order valence-corrected chi connectivity index (χ0v) is 6.04. The highest BCUT2D eigenvalue weighted by Crippen LogP contribution is 1.96. The maximum atomic E-state index is 6.71. The maximum Gasteiger partial charge on any atom is 0.0712 e. The van der Waals surface area contributed by atoms with Crippen molar-refractivity contribution in [3.05, 3.63) is 0 Å². The molecule has 0 aromatic rings. The molecule has 1 heteroatoms. The summed E-state index contributed by atoms with van der Waals surface area (Å²) in [6.07, 6.45) is 4.70. The summed E-state index contributed by atoms with van der Waals surface area (Å²) in [5, 5.41) is 0. The second-order valence-corrected chi connectivity index (χ2v) is 1.99. The zero-order valence-electron chi connectivity index (χ0n) is 6.04. The van der Waals surface area contributed by atoms with Crippen LogP contribution in [0, 0.1) is 11.8 Å². The quantitative estimate of drug-likeness (QED) is 0.405. The van der Waals surface area contributed by atoms with Gasteiger partial charge in [-0.1, -0.05) is 25.7 Å². The van der Waals surface area contributed by atoms with Crippen LogP contribution in [0.5, 0.6) is 0 Å². The van der Waals surface area contributed by atoms with E-state index in [1.54, 1.807) is 0 Å². The SMILES string of the molecule is CCCCCC#CC[NH]. The first kappa shape index (κ1) is 8.52. The van der Waals surface area contributed by atoms with E-state index in [-0.39, 0.29) is 6.54 Å². The number of nitrogens with one attached hydrogen (secondary N) is 1. The molecule has 0 aliphatic heterocycles. The summed E-state index contributed by atoms with van der Waals surface area (Å²) in [5.41, 5.74) is 6.71. The van der Waals surface area contributed by atoms with Crippen molar-refractivity contribution in [1.29, 1.82) is 0 Å². The molecule has 1 N–H and O–H groups in total. The Morgan fingerprint density at radius 3 is 2.56 bits per heavy atom. The average Bonchev–Trinajstić information content (AvgIpc) is 1.89. The van der Waals surface area contributed by atoms with Gasteiger partial charge in [0.25, 0.3) is 0 Å². The molecule has 0 unspecified atom stereocenters. The largest absolute Gasteiger partial charge is 0.245 e. The topological polar surface area (TPSA) is 23.8 Å². The van der Waals surface area contributed by atoms with Gasteiger partial charge in [-0.3, -0.25) is 0 Å². The lowest BCUT2D eigenvalue weighted by Crippen LogP contribution is -1.76. The molecule has 0 aliphatic rings. The normalized spacial score (nSPS) is 8.22. The molecule has 0 fully saturated rings. The highest BCUT2D eigenvalue weighted by Gasteiger charge is 1.79. The first-order chi connectivity index (χ1) is 4.41. The first-order valence-electron chi connectivity index (χ1n) is 3.52. The Morgan fingerprint density at radius 1 is 1.22 bits per heavy atom. The van der Waals surface area contributed by atoms with E-state index in [9.17, 15) is 0 Å². The molecule has 0 aromatic heterocycles. The fraction of sp³-hybridized carbons (Fsp3) is 0.750. The predicted octanol–water partition coefficient (Wildman–Crippen LogP) is 1.85. The fourth-order valence-electron chi connectivity index (χ4n) is 0.614. The lowest BCUT2D eigenvalue weighted by Gasteiger charge is -1.87. The van der Waals surface area contributed by atoms with Crippen LogP contribution < -0.4 is 5.73 Å². The fourth-order valence-corrected chi connectivity index (χ4v) is 0.614. The second kappa shape index (κ2) is 7.52. The van der Waals surface area contributed by atoms with Crippen LogP contribution >= 0.6 is 0 Å². The summed E-state index contributed by atoms with van der Waals surface area (Å²) >= 11 is 0. The summed E-state index contributed by atoms with van der Waals surface area (Å²) in [4.78, 5) is 0. The molecule has 0 heterocycles. The van der Waals surface area contributed by atoms with Crippen LogP contribution in [0.3, 0.4) is 0 Å². The van der Waals surface area contributed by atoms with Gasteiger partial charge in [-0.2, -0.15) is 0 Å². The molecule has 0 rings (SSSR count). The Balaban J connectivity index is 2.90. The van der Waals surface area contributed by atoms with Crippen LogP contribution in [-0.4, -0.2) is 6.54 Å². The third kappa shape index (κ3) is 7.52. The van der Waals surface area contributed by atoms with Crippen LogP contribution in [0.2, 0.25) is 0 Å². The van der Waals surface area contributed by atoms with Gasteiger partial charge < -0.3 is 0 Å². The molecule has 0 spiro atoms. The smallest absolute Gasteiger partial charge is 0.0712 e. The summed E-state index contributed by atoms with van der Waals surface area (Å²) < 4.78 is 0. The Kier molecular flexibility index (Phi) is 7.12. The van der Waals surface area contributed by atoms with Crippen molar-refractivity contribution < 1.29 is 0 Å². The van der Waals surface area contributed by atoms with E-state index in [0.29, 0.717) is 0 Å². The Hall–Kier alpha value is -0.480. The molecular weight excluding hydrogens is 110 g/mol. The lowest BCUT2D eigenvalue weighted by molar-refractivity contribution is 0.737. The molecule has 0 saturated carbocycles. The number of rotatable bonds is 3. The Bertz CT molecular complexity index is 96.9. The highest BCUT2D eigenvalue weighted by molar-refractivity contribution is 4.99. The van der Waals surface area contributed by atoms with Crippen molar-refractivity contribution in [2.75, 3.05) is 6.54 Å². The Morgan fingerprint density at radius 2 is 2.00 bits per heavy atom. The molecule has 1 nitrogen and oxygen atoms in total. The molecule has 0 bridgehead atoms. The second-order valence-electron chi connectivity index (χ2n) is 1.99. The van der Waals surface area contributed by atoms with Gasteiger partial charge in [0, 0.05) is 6.42 Å². The van der Waals surface area contributed by atoms with E-state index in [4.69, 9.17) is 5.73 Å². The van der Waals surface area contributed by atoms with Crippen molar-refractivity contribution in [2.45, 2.75) is 32.6 Å². The van der Waals surface area contributed by atoms with Gasteiger partial charge in [0.1, 0.15) is 0 Å². The number of hydrogen-bond acceptors (Lipinski definition) is 0. The van der Waals surface area contributed by atoms with Crippen molar-refractivity contribution in [2.24, 2.45) is 0 Å². The lowest BCUT2D eigenvalue weighted by atomic mass is 10.2. The van der Waals surface area contributed by atoms with Gasteiger partial charge in [0.15, 0.2) is 0 Å². The Labute approximate surface area is 57.6 Å². The minimum Gasteiger partial charge on any atom is -0.245 e. The van der Waals surface area contributed by atoms with Gasteiger partial charge >= 0.3 is 0 Å². The van der Waals surface area contributed by atoms with Crippen molar-refractivity contribution in [1.82, 2.24) is 5.73 Å². The van der Waals surface area contributed by atoms with Crippen LogP contribution in [0.1, 0.15) is 32.6 Å². The van der Waals surface area contributed by atoms with Gasteiger partial charge in [-0.25, -0.2) is 5.73 Å². The van der Waals surface area contributed by atoms with E-state index in [1.807, 2.05) is 0 Å². The van der Waals surface area contributed by atoms with Crippen LogP contribution in [-0.2, 0) is 0 Å². The minimum absolute atomic E-state index is 0.256. The maximum absolute atomic E-state index is 6.71. The van der Waals surface area contributed by atoms with Crippen LogP contribution in [0.25, 0.3) is 0 Å². The van der Waals surface area contributed by atoms with E-state index in [0.717, 1.165) is 6.42 Å². The molecule has 0 atom stereocenters. The van der Waals surface area contributed by atoms with E-state index < -0.39 is 0 Å². The van der Waals surface area contributed by atoms with E-state index >= 15 is 0 Å². The summed E-state index contributed by atoms with van der Waals surface area (Å²) in [6.45, 7) is 2.43. The first-order valence-corrected chi connectivity index (χ1v) is 3.52. The molecule has 0 aliphatic carbocycles. The standard InChI is InChI=1S/C8H14N/c1-2-3-4-5-6-7-8-9/h9H,2-5,8H2,1H3.